The third-order valence-electron chi connectivity index (χ3n) is 8.58. The fraction of sp³-hybridized carbons (Fsp3) is 0.324. The molecule has 45 heavy (non-hydrogen) atoms. The molecule has 0 aliphatic carbocycles. The molecule has 7 nitrogen and oxygen atoms in total. The van der Waals surface area contributed by atoms with Crippen LogP contribution in [0.15, 0.2) is 77.8 Å². The lowest BCUT2D eigenvalue weighted by molar-refractivity contribution is -0.141. The summed E-state index contributed by atoms with van der Waals surface area (Å²) in [6, 6.07) is 18.9. The Balaban J connectivity index is 1.46. The highest BCUT2D eigenvalue weighted by atomic mass is 35.5. The number of benzene rings is 3. The summed E-state index contributed by atoms with van der Waals surface area (Å²) in [5, 5.41) is 1.40. The topological polar surface area (TPSA) is 76.7 Å². The molecule has 2 aliphatic heterocycles. The Hall–Kier alpha value is -3.53. The second-order valence-corrected chi connectivity index (χ2v) is 13.8. The van der Waals surface area contributed by atoms with Crippen LogP contribution in [0.1, 0.15) is 43.4 Å². The van der Waals surface area contributed by atoms with E-state index in [1.54, 1.807) is 21.9 Å². The zero-order valence-corrected chi connectivity index (χ0v) is 27.1. The number of hydrogen-bond donors (Lipinski definition) is 1. The normalized spacial score (nSPS) is 20.3. The SMILES string of the molecule is CCCC(=O)N1CCN(C(=O)[C@@]2(Sc3ccccc3)CC(=O)N(Cc3ccc(Cl)c(F)c3)[C@H]2c2c[nH]c3cc(Cl)ccc23)CC1. The van der Waals surface area contributed by atoms with Crippen LogP contribution < -0.4 is 0 Å². The van der Waals surface area contributed by atoms with Gasteiger partial charge in [-0.05, 0) is 48.4 Å². The lowest BCUT2D eigenvalue weighted by atomic mass is 9.90. The van der Waals surface area contributed by atoms with E-state index in [0.29, 0.717) is 43.2 Å². The van der Waals surface area contributed by atoms with Crippen LogP contribution in [0.4, 0.5) is 4.39 Å². The number of hydrogen-bond acceptors (Lipinski definition) is 4. The summed E-state index contributed by atoms with van der Waals surface area (Å²) >= 11 is 13.7. The van der Waals surface area contributed by atoms with Crippen molar-refractivity contribution in [1.29, 1.82) is 0 Å². The van der Waals surface area contributed by atoms with Gasteiger partial charge in [0.15, 0.2) is 0 Å². The standard InChI is InChI=1S/C34H33Cl2FN4O3S/c1-2-6-30(42)39-13-15-40(16-14-39)33(44)34(45-24-7-4-3-5-8-24)19-31(43)41(21-22-9-12-27(36)28(37)17-22)32(34)26-20-38-29-18-23(35)10-11-25(26)29/h3-5,7-12,17-18,20,32,38H,2,6,13-16,19,21H2,1H3/t32-,34+/m0/s1. The zero-order chi connectivity index (χ0) is 31.7. The Morgan fingerprint density at radius 3 is 2.44 bits per heavy atom. The van der Waals surface area contributed by atoms with E-state index in [1.165, 1.54) is 23.9 Å². The van der Waals surface area contributed by atoms with Crippen LogP contribution in [0.3, 0.4) is 0 Å². The molecule has 6 rings (SSSR count). The molecule has 234 valence electrons. The highest BCUT2D eigenvalue weighted by Gasteiger charge is 2.59. The van der Waals surface area contributed by atoms with Crippen molar-refractivity contribution in [2.24, 2.45) is 0 Å². The highest BCUT2D eigenvalue weighted by Crippen LogP contribution is 2.55. The number of H-pyrrole nitrogens is 1. The average Bonchev–Trinajstić information content (AvgIpc) is 3.56. The van der Waals surface area contributed by atoms with E-state index in [-0.39, 0.29) is 35.7 Å². The Morgan fingerprint density at radius 2 is 1.73 bits per heavy atom. The van der Waals surface area contributed by atoms with Crippen LogP contribution in [-0.2, 0) is 20.9 Å². The number of amides is 3. The van der Waals surface area contributed by atoms with Crippen molar-refractivity contribution in [2.45, 2.75) is 48.4 Å². The number of carbonyl (C=O) groups excluding carboxylic acids is 3. The molecule has 0 bridgehead atoms. The molecule has 1 aromatic heterocycles. The maximum atomic E-state index is 15.0. The minimum Gasteiger partial charge on any atom is -0.361 e. The van der Waals surface area contributed by atoms with Crippen molar-refractivity contribution in [3.8, 4) is 0 Å². The minimum absolute atomic E-state index is 0.00252. The minimum atomic E-state index is -1.26. The van der Waals surface area contributed by atoms with Crippen molar-refractivity contribution in [3.05, 3.63) is 99.9 Å². The molecule has 0 spiro atoms. The van der Waals surface area contributed by atoms with Crippen LogP contribution in [0, 0.1) is 5.82 Å². The van der Waals surface area contributed by atoms with Crippen LogP contribution >= 0.6 is 35.0 Å². The monoisotopic (exact) mass is 666 g/mol. The van der Waals surface area contributed by atoms with Gasteiger partial charge in [0, 0.05) is 71.7 Å². The first kappa shape index (κ1) is 31.5. The van der Waals surface area contributed by atoms with Crippen LogP contribution in [0.2, 0.25) is 10.0 Å². The smallest absolute Gasteiger partial charge is 0.242 e. The molecule has 2 fully saturated rings. The van der Waals surface area contributed by atoms with Gasteiger partial charge in [0.1, 0.15) is 10.6 Å². The summed E-state index contributed by atoms with van der Waals surface area (Å²) in [5.41, 5.74) is 2.12. The number of fused-ring (bicyclic) bond motifs is 1. The summed E-state index contributed by atoms with van der Waals surface area (Å²) in [4.78, 5) is 51.2. The molecule has 3 amide bonds. The average molecular weight is 668 g/mol. The number of nitrogens with one attached hydrogen (secondary N) is 1. The first-order valence-electron chi connectivity index (χ1n) is 15.0. The molecule has 2 aliphatic rings. The fourth-order valence-electron chi connectivity index (χ4n) is 6.42. The third kappa shape index (κ3) is 6.18. The number of carbonyl (C=O) groups is 3. The lowest BCUT2D eigenvalue weighted by Gasteiger charge is -2.42. The van der Waals surface area contributed by atoms with Crippen LogP contribution in [-0.4, -0.2) is 68.3 Å². The number of rotatable bonds is 8. The maximum absolute atomic E-state index is 15.0. The van der Waals surface area contributed by atoms with Gasteiger partial charge in [0.05, 0.1) is 17.5 Å². The molecule has 0 unspecified atom stereocenters. The van der Waals surface area contributed by atoms with Crippen molar-refractivity contribution >= 4 is 63.6 Å². The fourth-order valence-corrected chi connectivity index (χ4v) is 8.21. The van der Waals surface area contributed by atoms with Gasteiger partial charge >= 0.3 is 0 Å². The Labute approximate surface area is 275 Å². The van der Waals surface area contributed by atoms with Gasteiger partial charge in [-0.3, -0.25) is 14.4 Å². The molecule has 3 aromatic carbocycles. The second-order valence-electron chi connectivity index (χ2n) is 11.5. The van der Waals surface area contributed by atoms with E-state index in [4.69, 9.17) is 23.2 Å². The van der Waals surface area contributed by atoms with Gasteiger partial charge in [-0.2, -0.15) is 0 Å². The van der Waals surface area contributed by atoms with Gasteiger partial charge in [-0.1, -0.05) is 60.5 Å². The first-order chi connectivity index (χ1) is 21.7. The number of likely N-dealkylation sites (tertiary alicyclic amines) is 1. The van der Waals surface area contributed by atoms with Gasteiger partial charge in [-0.25, -0.2) is 4.39 Å². The van der Waals surface area contributed by atoms with Crippen LogP contribution in [0.5, 0.6) is 0 Å². The summed E-state index contributed by atoms with van der Waals surface area (Å²) in [5.74, 6) is -0.862. The first-order valence-corrected chi connectivity index (χ1v) is 16.6. The predicted molar refractivity (Wildman–Crippen MR) is 176 cm³/mol. The number of thioether (sulfide) groups is 1. The van der Waals surface area contributed by atoms with Crippen LogP contribution in [0.25, 0.3) is 10.9 Å². The van der Waals surface area contributed by atoms with Gasteiger partial charge in [0.2, 0.25) is 17.7 Å². The second kappa shape index (κ2) is 13.1. The molecule has 4 aromatic rings. The molecule has 0 radical (unpaired) electrons. The summed E-state index contributed by atoms with van der Waals surface area (Å²) in [7, 11) is 0. The molecular weight excluding hydrogens is 634 g/mol. The van der Waals surface area contributed by atoms with E-state index in [2.05, 4.69) is 4.98 Å². The summed E-state index contributed by atoms with van der Waals surface area (Å²) < 4.78 is 13.3. The van der Waals surface area contributed by atoms with E-state index in [1.807, 2.05) is 60.5 Å². The van der Waals surface area contributed by atoms with E-state index >= 15 is 0 Å². The molecule has 2 atom stereocenters. The lowest BCUT2D eigenvalue weighted by Crippen LogP contribution is -2.57. The highest BCUT2D eigenvalue weighted by molar-refractivity contribution is 8.01. The molecule has 11 heteroatoms. The van der Waals surface area contributed by atoms with Gasteiger partial charge in [-0.15, -0.1) is 11.8 Å². The molecule has 2 saturated heterocycles. The predicted octanol–water partition coefficient (Wildman–Crippen LogP) is 7.09. The molecule has 1 N–H and O–H groups in total. The summed E-state index contributed by atoms with van der Waals surface area (Å²) in [6.45, 7) is 3.68. The number of piperazine rings is 1. The molecule has 0 saturated carbocycles. The number of aromatic nitrogens is 1. The van der Waals surface area contributed by atoms with E-state index in [0.717, 1.165) is 27.8 Å². The Kier molecular flexibility index (Phi) is 9.13. The quantitative estimate of drug-likeness (QED) is 0.218. The summed E-state index contributed by atoms with van der Waals surface area (Å²) in [6.07, 6.45) is 3.03. The Morgan fingerprint density at radius 1 is 1.00 bits per heavy atom. The van der Waals surface area contributed by atoms with Crippen molar-refractivity contribution in [1.82, 2.24) is 19.7 Å². The largest absolute Gasteiger partial charge is 0.361 e. The Bertz CT molecular complexity index is 1740. The number of aromatic amines is 1. The third-order valence-corrected chi connectivity index (χ3v) is 10.5. The molecular formula is C34H33Cl2FN4O3S. The van der Waals surface area contributed by atoms with E-state index in [9.17, 15) is 18.8 Å². The maximum Gasteiger partial charge on any atom is 0.242 e. The number of nitrogens with zero attached hydrogens (tertiary/aromatic N) is 3. The number of halogens is 3. The van der Waals surface area contributed by atoms with Gasteiger partial charge < -0.3 is 19.7 Å². The van der Waals surface area contributed by atoms with Crippen molar-refractivity contribution in [2.75, 3.05) is 26.2 Å². The van der Waals surface area contributed by atoms with E-state index < -0.39 is 16.6 Å². The molecule has 3 heterocycles. The van der Waals surface area contributed by atoms with Crippen molar-refractivity contribution in [3.63, 3.8) is 0 Å². The van der Waals surface area contributed by atoms with Crippen molar-refractivity contribution < 1.29 is 18.8 Å². The zero-order valence-electron chi connectivity index (χ0n) is 24.8. The van der Waals surface area contributed by atoms with Gasteiger partial charge in [0.25, 0.3) is 0 Å².